The summed E-state index contributed by atoms with van der Waals surface area (Å²) in [4.78, 5) is 17.6. The van der Waals surface area contributed by atoms with E-state index >= 15 is 0 Å². The van der Waals surface area contributed by atoms with E-state index in [2.05, 4.69) is 29.5 Å². The molecule has 2 atom stereocenters. The number of nitrogens with one attached hydrogen (secondary N) is 1. The highest BCUT2D eigenvalue weighted by molar-refractivity contribution is 6.13. The Morgan fingerprint density at radius 2 is 1.86 bits per heavy atom. The number of carbonyl (C=O) groups is 1. The summed E-state index contributed by atoms with van der Waals surface area (Å²) in [6.45, 7) is 5.43. The number of aryl methyl sites for hydroxylation is 1. The lowest BCUT2D eigenvalue weighted by molar-refractivity contribution is -0.148. The summed E-state index contributed by atoms with van der Waals surface area (Å²) in [5.74, 6) is -0.176. The maximum absolute atomic E-state index is 11.8. The van der Waals surface area contributed by atoms with Gasteiger partial charge in [0.15, 0.2) is 0 Å². The van der Waals surface area contributed by atoms with Crippen LogP contribution < -0.4 is 5.32 Å². The van der Waals surface area contributed by atoms with Gasteiger partial charge in [-0.1, -0.05) is 59.8 Å². The average Bonchev–Trinajstić information content (AvgIpc) is 2.73. The predicted molar refractivity (Wildman–Crippen MR) is 110 cm³/mol. The van der Waals surface area contributed by atoms with E-state index in [1.165, 1.54) is 0 Å². The molecule has 148 valence electrons. The van der Waals surface area contributed by atoms with Crippen molar-refractivity contribution in [2.24, 2.45) is 11.1 Å². The number of hydrogen-bond donors (Lipinski definition) is 1. The van der Waals surface area contributed by atoms with Crippen LogP contribution in [0.15, 0.2) is 59.8 Å². The maximum atomic E-state index is 11.8. The van der Waals surface area contributed by atoms with Crippen LogP contribution in [-0.2, 0) is 14.4 Å². The highest BCUT2D eigenvalue weighted by Crippen LogP contribution is 2.18. The lowest BCUT2D eigenvalue weighted by Crippen LogP contribution is -2.44. The van der Waals surface area contributed by atoms with Gasteiger partial charge in [0.25, 0.3) is 0 Å². The molecule has 5 heteroatoms. The van der Waals surface area contributed by atoms with Crippen molar-refractivity contribution >= 4 is 11.7 Å². The largest absolute Gasteiger partial charge is 0.466 e. The highest BCUT2D eigenvalue weighted by Gasteiger charge is 2.27. The van der Waals surface area contributed by atoms with Crippen molar-refractivity contribution in [3.05, 3.63) is 71.3 Å². The summed E-state index contributed by atoms with van der Waals surface area (Å²) in [7, 11) is 0. The number of hydrogen-bond acceptors (Lipinski definition) is 5. The van der Waals surface area contributed by atoms with Crippen LogP contribution in [0.5, 0.6) is 0 Å². The molecule has 1 N–H and O–H groups in total. The Bertz CT molecular complexity index is 797. The van der Waals surface area contributed by atoms with Crippen LogP contribution in [0.25, 0.3) is 0 Å². The maximum Gasteiger partial charge on any atom is 0.310 e. The van der Waals surface area contributed by atoms with E-state index in [1.54, 1.807) is 0 Å². The van der Waals surface area contributed by atoms with E-state index in [0.717, 1.165) is 35.2 Å². The topological polar surface area (TPSA) is 59.9 Å². The molecule has 1 saturated heterocycles. The molecule has 3 rings (SSSR count). The van der Waals surface area contributed by atoms with E-state index in [1.807, 2.05) is 49.4 Å². The first-order valence-corrected chi connectivity index (χ1v) is 9.90. The van der Waals surface area contributed by atoms with Gasteiger partial charge in [-0.05, 0) is 32.3 Å². The van der Waals surface area contributed by atoms with Crippen molar-refractivity contribution in [3.63, 3.8) is 0 Å². The number of carbonyl (C=O) groups excluding carboxylic acids is 1. The Morgan fingerprint density at radius 3 is 2.54 bits per heavy atom. The third-order valence-electron chi connectivity index (χ3n) is 5.02. The van der Waals surface area contributed by atoms with Crippen LogP contribution in [0.4, 0.5) is 0 Å². The molecule has 5 nitrogen and oxygen atoms in total. The molecule has 0 aliphatic carbocycles. The third kappa shape index (κ3) is 5.20. The molecule has 2 aromatic rings. The van der Waals surface area contributed by atoms with Crippen molar-refractivity contribution in [3.8, 4) is 0 Å². The zero-order valence-corrected chi connectivity index (χ0v) is 16.6. The van der Waals surface area contributed by atoms with Gasteiger partial charge < -0.3 is 14.9 Å². The van der Waals surface area contributed by atoms with Gasteiger partial charge in [-0.2, -0.15) is 0 Å². The summed E-state index contributed by atoms with van der Waals surface area (Å²) < 4.78 is 5.11. The lowest BCUT2D eigenvalue weighted by atomic mass is 9.95. The minimum Gasteiger partial charge on any atom is -0.466 e. The number of ether oxygens (including phenoxy) is 1. The fourth-order valence-corrected chi connectivity index (χ4v) is 3.40. The second kappa shape index (κ2) is 10.0. The van der Waals surface area contributed by atoms with Gasteiger partial charge in [0.05, 0.1) is 12.5 Å². The Morgan fingerprint density at radius 1 is 1.11 bits per heavy atom. The third-order valence-corrected chi connectivity index (χ3v) is 5.02. The van der Waals surface area contributed by atoms with Gasteiger partial charge in [-0.25, -0.2) is 0 Å². The number of piperidine rings is 1. The molecule has 28 heavy (non-hydrogen) atoms. The van der Waals surface area contributed by atoms with Crippen molar-refractivity contribution in [1.82, 2.24) is 5.32 Å². The van der Waals surface area contributed by atoms with Gasteiger partial charge >= 0.3 is 5.97 Å². The minimum atomic E-state index is -0.113. The summed E-state index contributed by atoms with van der Waals surface area (Å²) in [6, 6.07) is 18.4. The average molecular weight is 380 g/mol. The highest BCUT2D eigenvalue weighted by atomic mass is 16.6. The fourth-order valence-electron chi connectivity index (χ4n) is 3.40. The monoisotopic (exact) mass is 380 g/mol. The standard InChI is InChI=1S/C23H28N2O3/c1-3-27-23(26)19-13-14-20(24-15-19)16-28-25-22(18-10-5-4-6-11-18)21-12-8-7-9-17(21)2/h4-12,19-20,24H,3,13-16H2,1-2H3/b25-22-/t19-,20+/m1/s1. The zero-order chi connectivity index (χ0) is 19.8. The molecule has 1 fully saturated rings. The number of esters is 1. The fraction of sp³-hybridized carbons (Fsp3) is 0.391. The molecule has 0 spiro atoms. The van der Waals surface area contributed by atoms with E-state index in [9.17, 15) is 4.79 Å². The van der Waals surface area contributed by atoms with Gasteiger partial charge in [0.2, 0.25) is 0 Å². The van der Waals surface area contributed by atoms with Crippen LogP contribution >= 0.6 is 0 Å². The Balaban J connectivity index is 1.64. The van der Waals surface area contributed by atoms with Gasteiger partial charge in [-0.15, -0.1) is 0 Å². The first-order chi connectivity index (χ1) is 13.7. The van der Waals surface area contributed by atoms with Gasteiger partial charge in [0.1, 0.15) is 12.3 Å². The Labute approximate surface area is 166 Å². The summed E-state index contributed by atoms with van der Waals surface area (Å²) in [5, 5.41) is 7.87. The van der Waals surface area contributed by atoms with Crippen molar-refractivity contribution in [2.75, 3.05) is 19.8 Å². The SMILES string of the molecule is CCOC(=O)[C@@H]1CC[C@@H](CO/N=C(/c2ccccc2)c2ccccc2C)NC1. The number of oxime groups is 1. The molecule has 0 bridgehead atoms. The molecule has 2 aromatic carbocycles. The summed E-state index contributed by atoms with van der Waals surface area (Å²) in [5.41, 5.74) is 4.07. The molecule has 0 radical (unpaired) electrons. The Hall–Kier alpha value is -2.66. The van der Waals surface area contributed by atoms with Crippen LogP contribution in [0.2, 0.25) is 0 Å². The summed E-state index contributed by atoms with van der Waals surface area (Å²) >= 11 is 0. The van der Waals surface area contributed by atoms with Gasteiger partial charge in [-0.3, -0.25) is 4.79 Å². The molecular weight excluding hydrogens is 352 g/mol. The minimum absolute atomic E-state index is 0.0634. The van der Waals surface area contributed by atoms with Crippen LogP contribution in [0.3, 0.4) is 0 Å². The normalized spacial score (nSPS) is 19.9. The molecule has 0 aromatic heterocycles. The van der Waals surface area contributed by atoms with Crippen LogP contribution in [0, 0.1) is 12.8 Å². The zero-order valence-electron chi connectivity index (χ0n) is 16.6. The summed E-state index contributed by atoms with van der Waals surface area (Å²) in [6.07, 6.45) is 1.68. The molecule has 1 aliphatic rings. The Kier molecular flexibility index (Phi) is 7.20. The molecule has 0 saturated carbocycles. The number of nitrogens with zero attached hydrogens (tertiary/aromatic N) is 1. The smallest absolute Gasteiger partial charge is 0.310 e. The molecule has 1 heterocycles. The quantitative estimate of drug-likeness (QED) is 0.452. The number of rotatable bonds is 7. The van der Waals surface area contributed by atoms with E-state index < -0.39 is 0 Å². The first kappa shape index (κ1) is 20.1. The lowest BCUT2D eigenvalue weighted by Gasteiger charge is -2.27. The second-order valence-electron chi connectivity index (χ2n) is 7.05. The second-order valence-corrected chi connectivity index (χ2v) is 7.05. The van der Waals surface area contributed by atoms with Crippen molar-refractivity contribution < 1.29 is 14.4 Å². The predicted octanol–water partition coefficient (Wildman–Crippen LogP) is 3.70. The van der Waals surface area contributed by atoms with Crippen LogP contribution in [-0.4, -0.2) is 37.5 Å². The first-order valence-electron chi connectivity index (χ1n) is 9.90. The van der Waals surface area contributed by atoms with E-state index in [4.69, 9.17) is 9.57 Å². The molecule has 0 amide bonds. The number of benzene rings is 2. The van der Waals surface area contributed by atoms with Gasteiger partial charge in [0, 0.05) is 23.7 Å². The van der Waals surface area contributed by atoms with E-state index in [0.29, 0.717) is 19.8 Å². The van der Waals surface area contributed by atoms with E-state index in [-0.39, 0.29) is 17.9 Å². The van der Waals surface area contributed by atoms with Crippen LogP contribution in [0.1, 0.15) is 36.5 Å². The molecule has 0 unspecified atom stereocenters. The molecule has 1 aliphatic heterocycles. The molecular formula is C23H28N2O3. The van der Waals surface area contributed by atoms with Crippen molar-refractivity contribution in [2.45, 2.75) is 32.7 Å². The van der Waals surface area contributed by atoms with Crippen molar-refractivity contribution in [1.29, 1.82) is 0 Å².